The van der Waals surface area contributed by atoms with Gasteiger partial charge in [-0.2, -0.15) is 0 Å². The summed E-state index contributed by atoms with van der Waals surface area (Å²) in [5.74, 6) is 3.23. The summed E-state index contributed by atoms with van der Waals surface area (Å²) in [7, 11) is 0. The standard InChI is InChI=1S/C28H46O4/c1-15(2)16(3)7-8-17(4)19-9-10-20-18-13-23(29)22-14-24(30)25(31)26(32)28(22,6)21(18)11-12-27(19,20)5/h15-22,24-25,30-31H,7-14H2,1-6H3/t16-,17+,18-,19+,20-,21-,22?,24?,25?,27+,28+/m0/s1. The molecule has 4 nitrogen and oxygen atoms in total. The molecule has 4 fully saturated rings. The van der Waals surface area contributed by atoms with Gasteiger partial charge in [0.25, 0.3) is 0 Å². The smallest absolute Gasteiger partial charge is 0.170 e. The first-order valence-electron chi connectivity index (χ1n) is 13.4. The number of carbonyl (C=O) groups is 2. The van der Waals surface area contributed by atoms with Crippen LogP contribution < -0.4 is 0 Å². The summed E-state index contributed by atoms with van der Waals surface area (Å²) in [5, 5.41) is 20.6. The normalized spacial score (nSPS) is 48.2. The highest BCUT2D eigenvalue weighted by molar-refractivity contribution is 5.98. The Morgan fingerprint density at radius 1 is 0.969 bits per heavy atom. The van der Waals surface area contributed by atoms with E-state index in [1.807, 2.05) is 6.92 Å². The summed E-state index contributed by atoms with van der Waals surface area (Å²) in [6.07, 6.45) is 5.43. The molecule has 0 aromatic rings. The molecule has 0 saturated heterocycles. The molecule has 0 spiro atoms. The van der Waals surface area contributed by atoms with Gasteiger partial charge in [0.05, 0.1) is 6.10 Å². The number of hydrogen-bond acceptors (Lipinski definition) is 4. The summed E-state index contributed by atoms with van der Waals surface area (Å²) in [6.45, 7) is 13.9. The lowest BCUT2D eigenvalue weighted by molar-refractivity contribution is -0.183. The Morgan fingerprint density at radius 2 is 1.66 bits per heavy atom. The third kappa shape index (κ3) is 3.54. The number of aliphatic hydroxyl groups excluding tert-OH is 2. The minimum absolute atomic E-state index is 0.152. The van der Waals surface area contributed by atoms with Crippen LogP contribution in [0.1, 0.15) is 92.9 Å². The van der Waals surface area contributed by atoms with Crippen LogP contribution in [-0.2, 0) is 9.59 Å². The Kier molecular flexibility index (Phi) is 6.47. The fourth-order valence-corrected chi connectivity index (χ4v) is 8.91. The van der Waals surface area contributed by atoms with E-state index >= 15 is 0 Å². The van der Waals surface area contributed by atoms with Crippen LogP contribution in [-0.4, -0.2) is 34.0 Å². The maximum atomic E-state index is 13.3. The molecule has 3 unspecified atom stereocenters. The average Bonchev–Trinajstić information content (AvgIpc) is 3.09. The van der Waals surface area contributed by atoms with Gasteiger partial charge in [-0.25, -0.2) is 0 Å². The first-order valence-corrected chi connectivity index (χ1v) is 13.4. The number of ketones is 2. The van der Waals surface area contributed by atoms with Crippen LogP contribution in [0.15, 0.2) is 0 Å². The fraction of sp³-hybridized carbons (Fsp3) is 0.929. The van der Waals surface area contributed by atoms with Gasteiger partial charge in [-0.15, -0.1) is 0 Å². The fourth-order valence-electron chi connectivity index (χ4n) is 8.91. The van der Waals surface area contributed by atoms with Crippen LogP contribution in [0.4, 0.5) is 0 Å². The van der Waals surface area contributed by atoms with E-state index in [0.29, 0.717) is 24.2 Å². The van der Waals surface area contributed by atoms with Crippen molar-refractivity contribution in [3.8, 4) is 0 Å². The minimum Gasteiger partial charge on any atom is -0.390 e. The predicted octanol–water partition coefficient (Wildman–Crippen LogP) is 5.04. The van der Waals surface area contributed by atoms with Crippen molar-refractivity contribution in [2.45, 2.75) is 105 Å². The molecule has 0 bridgehead atoms. The van der Waals surface area contributed by atoms with Crippen LogP contribution in [0, 0.1) is 58.2 Å². The highest BCUT2D eigenvalue weighted by atomic mass is 16.3. The molecule has 4 aliphatic rings. The van der Waals surface area contributed by atoms with Crippen LogP contribution >= 0.6 is 0 Å². The van der Waals surface area contributed by atoms with E-state index in [1.54, 1.807) is 0 Å². The molecule has 32 heavy (non-hydrogen) atoms. The van der Waals surface area contributed by atoms with Gasteiger partial charge in [0.15, 0.2) is 5.78 Å². The minimum atomic E-state index is -1.34. The molecule has 4 saturated carbocycles. The second-order valence-electron chi connectivity index (χ2n) is 13.0. The highest BCUT2D eigenvalue weighted by Crippen LogP contribution is 2.67. The molecule has 0 aliphatic heterocycles. The highest BCUT2D eigenvalue weighted by Gasteiger charge is 2.66. The van der Waals surface area contributed by atoms with Crippen LogP contribution in [0.25, 0.3) is 0 Å². The Labute approximate surface area is 194 Å². The lowest BCUT2D eigenvalue weighted by Crippen LogP contribution is -2.64. The Hall–Kier alpha value is -0.740. The van der Waals surface area contributed by atoms with Gasteiger partial charge in [-0.05, 0) is 78.9 Å². The van der Waals surface area contributed by atoms with E-state index in [0.717, 1.165) is 24.7 Å². The van der Waals surface area contributed by atoms with Crippen molar-refractivity contribution >= 4 is 11.6 Å². The zero-order valence-corrected chi connectivity index (χ0v) is 21.1. The van der Waals surface area contributed by atoms with Gasteiger partial charge in [0.2, 0.25) is 0 Å². The zero-order chi connectivity index (χ0) is 23.6. The quantitative estimate of drug-likeness (QED) is 0.620. The predicted molar refractivity (Wildman–Crippen MR) is 126 cm³/mol. The zero-order valence-electron chi connectivity index (χ0n) is 21.1. The van der Waals surface area contributed by atoms with Crippen molar-refractivity contribution < 1.29 is 19.8 Å². The van der Waals surface area contributed by atoms with Crippen molar-refractivity contribution in [3.63, 3.8) is 0 Å². The number of rotatable bonds is 5. The molecule has 0 aromatic heterocycles. The molecule has 0 heterocycles. The molecular formula is C28H46O4. The third-order valence-corrected chi connectivity index (χ3v) is 11.4. The molecule has 4 aliphatic carbocycles. The van der Waals surface area contributed by atoms with Crippen molar-refractivity contribution in [2.75, 3.05) is 0 Å². The molecule has 4 heteroatoms. The van der Waals surface area contributed by atoms with E-state index in [-0.39, 0.29) is 35.2 Å². The van der Waals surface area contributed by atoms with E-state index in [9.17, 15) is 19.8 Å². The largest absolute Gasteiger partial charge is 0.390 e. The van der Waals surface area contributed by atoms with Gasteiger partial charge in [0, 0.05) is 17.8 Å². The SMILES string of the molecule is CC(C)[C@@H](C)CC[C@@H](C)[C@H]1CC[C@H]2[C@@H]3CC(=O)C4CC(O)C(O)C(=O)[C@]4(C)[C@H]3CC[C@]12C. The molecule has 11 atom stereocenters. The molecule has 0 radical (unpaired) electrons. The first kappa shape index (κ1) is 24.4. The topological polar surface area (TPSA) is 74.6 Å². The van der Waals surface area contributed by atoms with E-state index in [4.69, 9.17) is 0 Å². The van der Waals surface area contributed by atoms with Crippen LogP contribution in [0.5, 0.6) is 0 Å². The van der Waals surface area contributed by atoms with Crippen LogP contribution in [0.2, 0.25) is 0 Å². The molecule has 0 amide bonds. The monoisotopic (exact) mass is 446 g/mol. The Bertz CT molecular complexity index is 746. The second kappa shape index (κ2) is 8.48. The average molecular weight is 447 g/mol. The lowest BCUT2D eigenvalue weighted by atomic mass is 9.43. The van der Waals surface area contributed by atoms with Crippen molar-refractivity contribution in [3.05, 3.63) is 0 Å². The molecule has 182 valence electrons. The number of fused-ring (bicyclic) bond motifs is 5. The molecule has 0 aromatic carbocycles. The van der Waals surface area contributed by atoms with Crippen molar-refractivity contribution in [1.82, 2.24) is 0 Å². The summed E-state index contributed by atoms with van der Waals surface area (Å²) < 4.78 is 0. The lowest BCUT2D eigenvalue weighted by Gasteiger charge is -2.59. The summed E-state index contributed by atoms with van der Waals surface area (Å²) >= 11 is 0. The maximum absolute atomic E-state index is 13.3. The third-order valence-electron chi connectivity index (χ3n) is 11.4. The Balaban J connectivity index is 1.55. The second-order valence-corrected chi connectivity index (χ2v) is 13.0. The van der Waals surface area contributed by atoms with Gasteiger partial charge in [-0.3, -0.25) is 9.59 Å². The number of aliphatic hydroxyl groups is 2. The van der Waals surface area contributed by atoms with E-state index < -0.39 is 23.5 Å². The van der Waals surface area contributed by atoms with E-state index in [1.165, 1.54) is 25.7 Å². The molecular weight excluding hydrogens is 400 g/mol. The van der Waals surface area contributed by atoms with Crippen molar-refractivity contribution in [2.24, 2.45) is 58.2 Å². The van der Waals surface area contributed by atoms with E-state index in [2.05, 4.69) is 34.6 Å². The molecule has 4 rings (SSSR count). The van der Waals surface area contributed by atoms with Crippen LogP contribution in [0.3, 0.4) is 0 Å². The number of Topliss-reactive ketones (excluding diaryl/α,β-unsaturated/α-hetero) is 2. The van der Waals surface area contributed by atoms with Gasteiger partial charge < -0.3 is 10.2 Å². The number of carbonyl (C=O) groups excluding carboxylic acids is 2. The number of hydrogen-bond donors (Lipinski definition) is 2. The van der Waals surface area contributed by atoms with Crippen molar-refractivity contribution in [1.29, 1.82) is 0 Å². The first-order chi connectivity index (χ1) is 14.9. The summed E-state index contributed by atoms with van der Waals surface area (Å²) in [4.78, 5) is 26.6. The Morgan fingerprint density at radius 3 is 2.31 bits per heavy atom. The van der Waals surface area contributed by atoms with Gasteiger partial charge in [0.1, 0.15) is 11.9 Å². The van der Waals surface area contributed by atoms with Gasteiger partial charge >= 0.3 is 0 Å². The molecule has 2 N–H and O–H groups in total. The summed E-state index contributed by atoms with van der Waals surface area (Å²) in [5.41, 5.74) is -0.558. The summed E-state index contributed by atoms with van der Waals surface area (Å²) in [6, 6.07) is 0. The maximum Gasteiger partial charge on any atom is 0.170 e. The van der Waals surface area contributed by atoms with Gasteiger partial charge in [-0.1, -0.05) is 54.4 Å².